The summed E-state index contributed by atoms with van der Waals surface area (Å²) in [4.78, 5) is 22.9. The lowest BCUT2D eigenvalue weighted by Crippen LogP contribution is -2.21. The Balaban J connectivity index is 1.89. The quantitative estimate of drug-likeness (QED) is 0.792. The number of benzene rings is 2. The van der Waals surface area contributed by atoms with E-state index >= 15 is 0 Å². The van der Waals surface area contributed by atoms with Crippen LogP contribution in [0.5, 0.6) is 0 Å². The highest BCUT2D eigenvalue weighted by atomic mass is 35.5. The summed E-state index contributed by atoms with van der Waals surface area (Å²) in [5.41, 5.74) is 2.07. The third-order valence-electron chi connectivity index (χ3n) is 2.76. The predicted octanol–water partition coefficient (Wildman–Crippen LogP) is 3.35. The molecule has 2 aromatic rings. The van der Waals surface area contributed by atoms with Gasteiger partial charge in [0.25, 0.3) is 0 Å². The van der Waals surface area contributed by atoms with E-state index in [9.17, 15) is 9.59 Å². The van der Waals surface area contributed by atoms with Crippen LogP contribution in [0.4, 0.5) is 17.1 Å². The number of hydrogen-bond acceptors (Lipinski definition) is 3. The number of amides is 2. The van der Waals surface area contributed by atoms with Crippen LogP contribution < -0.4 is 16.0 Å². The predicted molar refractivity (Wildman–Crippen MR) is 89.3 cm³/mol. The Bertz CT molecular complexity index is 671. The highest BCUT2D eigenvalue weighted by Gasteiger charge is 2.04. The van der Waals surface area contributed by atoms with Crippen LogP contribution in [0, 0.1) is 0 Å². The Morgan fingerprint density at radius 3 is 2.23 bits per heavy atom. The summed E-state index contributed by atoms with van der Waals surface area (Å²) in [6.45, 7) is 1.56. The molecule has 3 N–H and O–H groups in total. The molecule has 0 saturated heterocycles. The molecule has 0 spiro atoms. The molecule has 0 fully saturated rings. The van der Waals surface area contributed by atoms with E-state index in [4.69, 9.17) is 11.6 Å². The van der Waals surface area contributed by atoms with Gasteiger partial charge in [-0.3, -0.25) is 9.59 Å². The molecule has 2 amide bonds. The number of carbonyl (C=O) groups excluding carboxylic acids is 2. The molecule has 2 rings (SSSR count). The Labute approximate surface area is 133 Å². The van der Waals surface area contributed by atoms with Crippen LogP contribution in [0.15, 0.2) is 48.5 Å². The van der Waals surface area contributed by atoms with Crippen LogP contribution >= 0.6 is 11.6 Å². The van der Waals surface area contributed by atoms with Crippen molar-refractivity contribution >= 4 is 40.5 Å². The first-order chi connectivity index (χ1) is 10.5. The second-order valence-electron chi connectivity index (χ2n) is 4.67. The van der Waals surface area contributed by atoms with Crippen molar-refractivity contribution in [2.45, 2.75) is 6.92 Å². The molecule has 0 heterocycles. The van der Waals surface area contributed by atoms with Crippen molar-refractivity contribution in [1.82, 2.24) is 0 Å². The van der Waals surface area contributed by atoms with Crippen LogP contribution in [-0.4, -0.2) is 18.4 Å². The fourth-order valence-corrected chi connectivity index (χ4v) is 1.96. The van der Waals surface area contributed by atoms with Crippen molar-refractivity contribution in [2.24, 2.45) is 0 Å². The Hall–Kier alpha value is -2.53. The summed E-state index contributed by atoms with van der Waals surface area (Å²) < 4.78 is 0. The number of anilines is 3. The third kappa shape index (κ3) is 5.10. The van der Waals surface area contributed by atoms with E-state index in [2.05, 4.69) is 16.0 Å². The maximum absolute atomic E-state index is 11.9. The third-order valence-corrected chi connectivity index (χ3v) is 3.02. The SMILES string of the molecule is CC(=O)Nc1cccc(NC(=O)CNc2ccc(Cl)cc2)c1. The zero-order valence-electron chi connectivity index (χ0n) is 12.0. The van der Waals surface area contributed by atoms with Crippen LogP contribution in [0.1, 0.15) is 6.92 Å². The molecule has 0 aromatic heterocycles. The van der Waals surface area contributed by atoms with Gasteiger partial charge in [-0.25, -0.2) is 0 Å². The number of nitrogens with one attached hydrogen (secondary N) is 3. The first kappa shape index (κ1) is 15.9. The molecule has 6 heteroatoms. The summed E-state index contributed by atoms with van der Waals surface area (Å²) in [7, 11) is 0. The van der Waals surface area contributed by atoms with Gasteiger partial charge in [0.15, 0.2) is 0 Å². The molecular weight excluding hydrogens is 302 g/mol. The number of carbonyl (C=O) groups is 2. The number of hydrogen-bond donors (Lipinski definition) is 3. The molecule has 5 nitrogen and oxygen atoms in total. The lowest BCUT2D eigenvalue weighted by atomic mass is 10.2. The molecule has 0 aliphatic rings. The fraction of sp³-hybridized carbons (Fsp3) is 0.125. The molecule has 0 atom stereocenters. The van der Waals surface area contributed by atoms with Gasteiger partial charge in [-0.05, 0) is 42.5 Å². The maximum Gasteiger partial charge on any atom is 0.243 e. The van der Waals surface area contributed by atoms with E-state index in [1.807, 2.05) is 0 Å². The normalized spacial score (nSPS) is 9.91. The van der Waals surface area contributed by atoms with Gasteiger partial charge in [0.2, 0.25) is 11.8 Å². The lowest BCUT2D eigenvalue weighted by molar-refractivity contribution is -0.115. The minimum Gasteiger partial charge on any atom is -0.376 e. The van der Waals surface area contributed by atoms with E-state index in [0.717, 1.165) is 5.69 Å². The van der Waals surface area contributed by atoms with Crippen molar-refractivity contribution in [2.75, 3.05) is 22.5 Å². The topological polar surface area (TPSA) is 70.2 Å². The lowest BCUT2D eigenvalue weighted by Gasteiger charge is -2.09. The van der Waals surface area contributed by atoms with Crippen molar-refractivity contribution in [3.05, 3.63) is 53.6 Å². The molecular formula is C16H16ClN3O2. The average molecular weight is 318 g/mol. The number of halogens is 1. The molecule has 22 heavy (non-hydrogen) atoms. The van der Waals surface area contributed by atoms with E-state index in [1.165, 1.54) is 6.92 Å². The first-order valence-electron chi connectivity index (χ1n) is 6.70. The fourth-order valence-electron chi connectivity index (χ4n) is 1.83. The van der Waals surface area contributed by atoms with Gasteiger partial charge in [-0.15, -0.1) is 0 Å². The van der Waals surface area contributed by atoms with E-state index in [1.54, 1.807) is 48.5 Å². The van der Waals surface area contributed by atoms with Gasteiger partial charge < -0.3 is 16.0 Å². The molecule has 0 aliphatic heterocycles. The van der Waals surface area contributed by atoms with Crippen molar-refractivity contribution in [1.29, 1.82) is 0 Å². The minimum absolute atomic E-state index is 0.131. The maximum atomic E-state index is 11.9. The van der Waals surface area contributed by atoms with Crippen LogP contribution in [0.2, 0.25) is 5.02 Å². The summed E-state index contributed by atoms with van der Waals surface area (Å²) in [5, 5.41) is 9.06. The first-order valence-corrected chi connectivity index (χ1v) is 7.08. The monoisotopic (exact) mass is 317 g/mol. The Morgan fingerprint density at radius 2 is 1.59 bits per heavy atom. The molecule has 114 valence electrons. The summed E-state index contributed by atoms with van der Waals surface area (Å²) in [5.74, 6) is -0.345. The largest absolute Gasteiger partial charge is 0.376 e. The molecule has 0 aliphatic carbocycles. The molecule has 0 saturated carbocycles. The van der Waals surface area contributed by atoms with Crippen LogP contribution in [-0.2, 0) is 9.59 Å². The van der Waals surface area contributed by atoms with E-state index in [0.29, 0.717) is 16.4 Å². The highest BCUT2D eigenvalue weighted by molar-refractivity contribution is 6.30. The van der Waals surface area contributed by atoms with Crippen LogP contribution in [0.25, 0.3) is 0 Å². The summed E-state index contributed by atoms with van der Waals surface area (Å²) in [6.07, 6.45) is 0. The Kier molecular flexibility index (Phi) is 5.38. The van der Waals surface area contributed by atoms with E-state index < -0.39 is 0 Å². The molecule has 2 aromatic carbocycles. The second kappa shape index (κ2) is 7.47. The van der Waals surface area contributed by atoms with Crippen LogP contribution in [0.3, 0.4) is 0 Å². The van der Waals surface area contributed by atoms with Crippen molar-refractivity contribution in [3.8, 4) is 0 Å². The molecule has 0 radical (unpaired) electrons. The smallest absolute Gasteiger partial charge is 0.243 e. The molecule has 0 bridgehead atoms. The second-order valence-corrected chi connectivity index (χ2v) is 5.11. The van der Waals surface area contributed by atoms with Gasteiger partial charge in [0.05, 0.1) is 6.54 Å². The standard InChI is InChI=1S/C16H16ClN3O2/c1-11(21)19-14-3-2-4-15(9-14)20-16(22)10-18-13-7-5-12(17)6-8-13/h2-9,18H,10H2,1H3,(H,19,21)(H,20,22). The zero-order chi connectivity index (χ0) is 15.9. The van der Waals surface area contributed by atoms with Crippen molar-refractivity contribution in [3.63, 3.8) is 0 Å². The van der Waals surface area contributed by atoms with Crippen molar-refractivity contribution < 1.29 is 9.59 Å². The summed E-state index contributed by atoms with van der Waals surface area (Å²) >= 11 is 5.80. The summed E-state index contributed by atoms with van der Waals surface area (Å²) in [6, 6.07) is 14.1. The Morgan fingerprint density at radius 1 is 0.955 bits per heavy atom. The van der Waals surface area contributed by atoms with Gasteiger partial charge in [-0.1, -0.05) is 17.7 Å². The van der Waals surface area contributed by atoms with E-state index in [-0.39, 0.29) is 18.4 Å². The van der Waals surface area contributed by atoms with Gasteiger partial charge in [-0.2, -0.15) is 0 Å². The van der Waals surface area contributed by atoms with Gasteiger partial charge >= 0.3 is 0 Å². The number of rotatable bonds is 5. The van der Waals surface area contributed by atoms with Gasteiger partial charge in [0, 0.05) is 29.0 Å². The molecule has 0 unspecified atom stereocenters. The average Bonchev–Trinajstić information content (AvgIpc) is 2.46. The van der Waals surface area contributed by atoms with Gasteiger partial charge in [0.1, 0.15) is 0 Å². The highest BCUT2D eigenvalue weighted by Crippen LogP contribution is 2.15. The zero-order valence-corrected chi connectivity index (χ0v) is 12.8. The minimum atomic E-state index is -0.185.